The molecule has 0 aromatic heterocycles. The van der Waals surface area contributed by atoms with E-state index in [-0.39, 0.29) is 0 Å². The van der Waals surface area contributed by atoms with Crippen LogP contribution in [0.15, 0.2) is 22.7 Å². The van der Waals surface area contributed by atoms with Crippen LogP contribution >= 0.6 is 15.9 Å². The fourth-order valence-corrected chi connectivity index (χ4v) is 2.40. The minimum Gasteiger partial charge on any atom is -0.478 e. The number of carbonyl (C=O) groups is 1. The van der Waals surface area contributed by atoms with Crippen molar-refractivity contribution in [2.75, 3.05) is 5.32 Å². The molecule has 0 radical (unpaired) electrons. The molecule has 0 saturated heterocycles. The van der Waals surface area contributed by atoms with E-state index in [1.165, 1.54) is 0 Å². The van der Waals surface area contributed by atoms with Crippen molar-refractivity contribution < 1.29 is 9.90 Å². The third kappa shape index (κ3) is 4.69. The normalized spacial score (nSPS) is 14.0. The highest BCUT2D eigenvalue weighted by Gasteiger charge is 2.10. The van der Waals surface area contributed by atoms with Crippen LogP contribution < -0.4 is 5.32 Å². The number of nitrogens with one attached hydrogen (secondary N) is 1. The molecule has 0 aliphatic heterocycles. The van der Waals surface area contributed by atoms with E-state index in [1.807, 2.05) is 6.07 Å². The molecule has 0 bridgehead atoms. The molecule has 3 nitrogen and oxygen atoms in total. The van der Waals surface area contributed by atoms with Gasteiger partial charge in [0.2, 0.25) is 0 Å². The summed E-state index contributed by atoms with van der Waals surface area (Å²) in [5, 5.41) is 12.4. The van der Waals surface area contributed by atoms with E-state index in [1.54, 1.807) is 12.1 Å². The van der Waals surface area contributed by atoms with Crippen LogP contribution in [0, 0.1) is 5.92 Å². The van der Waals surface area contributed by atoms with Gasteiger partial charge in [-0.3, -0.25) is 0 Å². The first-order valence-corrected chi connectivity index (χ1v) is 7.02. The summed E-state index contributed by atoms with van der Waals surface area (Å²) in [5.41, 5.74) is 1.14. The fourth-order valence-electron chi connectivity index (χ4n) is 1.91. The van der Waals surface area contributed by atoms with Gasteiger partial charge in [-0.1, -0.05) is 36.2 Å². The Labute approximate surface area is 117 Å². The SMILES string of the molecule is CCC(C)CC(C)Nc1cc(Br)cc(C(=O)O)c1. The largest absolute Gasteiger partial charge is 0.478 e. The Morgan fingerprint density at radius 3 is 2.61 bits per heavy atom. The molecule has 0 fully saturated rings. The molecule has 4 heteroatoms. The van der Waals surface area contributed by atoms with Crippen LogP contribution in [0.1, 0.15) is 44.0 Å². The standard InChI is InChI=1S/C14H20BrNO2/c1-4-9(2)5-10(3)16-13-7-11(14(17)18)6-12(15)8-13/h6-10,16H,4-5H2,1-3H3,(H,17,18). The van der Waals surface area contributed by atoms with Crippen LogP contribution in [0.5, 0.6) is 0 Å². The molecule has 1 aromatic carbocycles. The minimum atomic E-state index is -0.908. The Kier molecular flexibility index (Phi) is 5.66. The van der Waals surface area contributed by atoms with Gasteiger partial charge in [0, 0.05) is 16.2 Å². The summed E-state index contributed by atoms with van der Waals surface area (Å²) in [7, 11) is 0. The minimum absolute atomic E-state index is 0.294. The number of aromatic carboxylic acids is 1. The van der Waals surface area contributed by atoms with Gasteiger partial charge in [0.15, 0.2) is 0 Å². The van der Waals surface area contributed by atoms with E-state index in [0.29, 0.717) is 17.5 Å². The van der Waals surface area contributed by atoms with Crippen LogP contribution in [0.4, 0.5) is 5.69 Å². The molecule has 1 rings (SSSR count). The predicted octanol–water partition coefficient (Wildman–Crippen LogP) is 4.38. The van der Waals surface area contributed by atoms with Crippen molar-refractivity contribution in [3.05, 3.63) is 28.2 Å². The Morgan fingerprint density at radius 2 is 2.06 bits per heavy atom. The number of carboxylic acids is 1. The van der Waals surface area contributed by atoms with Gasteiger partial charge in [0.1, 0.15) is 0 Å². The van der Waals surface area contributed by atoms with Gasteiger partial charge in [-0.15, -0.1) is 0 Å². The lowest BCUT2D eigenvalue weighted by Crippen LogP contribution is -2.18. The van der Waals surface area contributed by atoms with E-state index in [9.17, 15) is 4.79 Å². The first-order chi connectivity index (χ1) is 8.42. The monoisotopic (exact) mass is 313 g/mol. The third-order valence-electron chi connectivity index (χ3n) is 3.01. The van der Waals surface area contributed by atoms with Gasteiger partial charge in [-0.2, -0.15) is 0 Å². The highest BCUT2D eigenvalue weighted by atomic mass is 79.9. The zero-order chi connectivity index (χ0) is 13.7. The molecular weight excluding hydrogens is 294 g/mol. The summed E-state index contributed by atoms with van der Waals surface area (Å²) >= 11 is 3.33. The topological polar surface area (TPSA) is 49.3 Å². The van der Waals surface area contributed by atoms with E-state index < -0.39 is 5.97 Å². The number of hydrogen-bond acceptors (Lipinski definition) is 2. The average Bonchev–Trinajstić information content (AvgIpc) is 2.27. The molecule has 18 heavy (non-hydrogen) atoms. The van der Waals surface area contributed by atoms with Crippen LogP contribution in [0.25, 0.3) is 0 Å². The van der Waals surface area contributed by atoms with Gasteiger partial charge in [-0.25, -0.2) is 4.79 Å². The van der Waals surface area contributed by atoms with Gasteiger partial charge >= 0.3 is 5.97 Å². The van der Waals surface area contributed by atoms with Crippen molar-refractivity contribution in [1.29, 1.82) is 0 Å². The van der Waals surface area contributed by atoms with Crippen molar-refractivity contribution in [2.45, 2.75) is 39.7 Å². The molecule has 0 heterocycles. The number of halogens is 1. The summed E-state index contributed by atoms with van der Waals surface area (Å²) in [4.78, 5) is 11.0. The maximum absolute atomic E-state index is 11.0. The lowest BCUT2D eigenvalue weighted by atomic mass is 10.00. The zero-order valence-corrected chi connectivity index (χ0v) is 12.6. The first-order valence-electron chi connectivity index (χ1n) is 6.22. The van der Waals surface area contributed by atoms with E-state index in [0.717, 1.165) is 23.0 Å². The summed E-state index contributed by atoms with van der Waals surface area (Å²) in [6.07, 6.45) is 2.23. The molecule has 2 N–H and O–H groups in total. The smallest absolute Gasteiger partial charge is 0.335 e. The second-order valence-electron chi connectivity index (χ2n) is 4.83. The summed E-state index contributed by atoms with van der Waals surface area (Å²) < 4.78 is 0.778. The molecule has 0 spiro atoms. The number of benzene rings is 1. The summed E-state index contributed by atoms with van der Waals surface area (Å²) in [5.74, 6) is -0.243. The van der Waals surface area contributed by atoms with E-state index >= 15 is 0 Å². The molecule has 0 saturated carbocycles. The molecule has 100 valence electrons. The Bertz CT molecular complexity index is 420. The van der Waals surface area contributed by atoms with Gasteiger partial charge in [-0.05, 0) is 37.5 Å². The lowest BCUT2D eigenvalue weighted by Gasteiger charge is -2.19. The molecule has 1 aromatic rings. The van der Waals surface area contributed by atoms with E-state index in [2.05, 4.69) is 42.0 Å². The molecule has 0 aliphatic rings. The second-order valence-corrected chi connectivity index (χ2v) is 5.74. The molecule has 2 atom stereocenters. The Morgan fingerprint density at radius 1 is 1.39 bits per heavy atom. The van der Waals surface area contributed by atoms with Crippen molar-refractivity contribution in [3.63, 3.8) is 0 Å². The lowest BCUT2D eigenvalue weighted by molar-refractivity contribution is 0.0697. The molecule has 0 aliphatic carbocycles. The van der Waals surface area contributed by atoms with Crippen molar-refractivity contribution in [2.24, 2.45) is 5.92 Å². The molecule has 2 unspecified atom stereocenters. The quantitative estimate of drug-likeness (QED) is 0.819. The number of anilines is 1. The highest BCUT2D eigenvalue weighted by molar-refractivity contribution is 9.10. The second kappa shape index (κ2) is 6.78. The van der Waals surface area contributed by atoms with E-state index in [4.69, 9.17) is 5.11 Å². The van der Waals surface area contributed by atoms with Crippen LogP contribution in [0.2, 0.25) is 0 Å². The molecule has 0 amide bonds. The predicted molar refractivity (Wildman–Crippen MR) is 78.3 cm³/mol. The van der Waals surface area contributed by atoms with Crippen LogP contribution in [-0.4, -0.2) is 17.1 Å². The third-order valence-corrected chi connectivity index (χ3v) is 3.47. The van der Waals surface area contributed by atoms with Crippen molar-refractivity contribution in [3.8, 4) is 0 Å². The Hall–Kier alpha value is -1.03. The number of hydrogen-bond donors (Lipinski definition) is 2. The van der Waals surface area contributed by atoms with Crippen LogP contribution in [-0.2, 0) is 0 Å². The first kappa shape index (κ1) is 15.0. The maximum Gasteiger partial charge on any atom is 0.335 e. The number of carboxylic acid groups (broad SMARTS) is 1. The summed E-state index contributed by atoms with van der Waals surface area (Å²) in [6, 6.07) is 5.50. The highest BCUT2D eigenvalue weighted by Crippen LogP contribution is 2.22. The van der Waals surface area contributed by atoms with Crippen molar-refractivity contribution >= 4 is 27.6 Å². The average molecular weight is 314 g/mol. The maximum atomic E-state index is 11.0. The van der Waals surface area contributed by atoms with Gasteiger partial charge < -0.3 is 10.4 Å². The number of rotatable bonds is 6. The fraction of sp³-hybridized carbons (Fsp3) is 0.500. The van der Waals surface area contributed by atoms with Gasteiger partial charge in [0.25, 0.3) is 0 Å². The van der Waals surface area contributed by atoms with Crippen molar-refractivity contribution in [1.82, 2.24) is 0 Å². The van der Waals surface area contributed by atoms with Crippen LogP contribution in [0.3, 0.4) is 0 Å². The Balaban J connectivity index is 2.75. The van der Waals surface area contributed by atoms with Gasteiger partial charge in [0.05, 0.1) is 5.56 Å². The molecular formula is C14H20BrNO2. The summed E-state index contributed by atoms with van der Waals surface area (Å²) in [6.45, 7) is 6.52. The zero-order valence-electron chi connectivity index (χ0n) is 11.0.